The molecule has 0 atom stereocenters. The van der Waals surface area contributed by atoms with E-state index in [4.69, 9.17) is 4.42 Å². The van der Waals surface area contributed by atoms with Gasteiger partial charge in [0.05, 0.1) is 13.1 Å². The van der Waals surface area contributed by atoms with Crippen molar-refractivity contribution >= 4 is 10.0 Å². The van der Waals surface area contributed by atoms with Crippen molar-refractivity contribution in [2.45, 2.75) is 25.1 Å². The van der Waals surface area contributed by atoms with Crippen molar-refractivity contribution in [1.29, 1.82) is 0 Å². The minimum Gasteiger partial charge on any atom is -0.447 e. The quantitative estimate of drug-likeness (QED) is 0.746. The molecule has 20 heavy (non-hydrogen) atoms. The molecule has 0 aromatic carbocycles. The molecule has 8 nitrogen and oxygen atoms in total. The molecule has 0 spiro atoms. The van der Waals surface area contributed by atoms with Gasteiger partial charge in [-0.15, -0.1) is 10.2 Å². The van der Waals surface area contributed by atoms with Gasteiger partial charge in [0.2, 0.25) is 5.09 Å². The molecule has 0 radical (unpaired) electrons. The van der Waals surface area contributed by atoms with Crippen molar-refractivity contribution in [2.24, 2.45) is 7.05 Å². The highest BCUT2D eigenvalue weighted by Gasteiger charge is 2.19. The van der Waals surface area contributed by atoms with E-state index in [2.05, 4.69) is 20.2 Å². The molecule has 9 heteroatoms. The lowest BCUT2D eigenvalue weighted by Gasteiger charge is -2.03. The van der Waals surface area contributed by atoms with E-state index in [9.17, 15) is 8.42 Å². The fraction of sp³-hybridized carbons (Fsp3) is 0.455. The van der Waals surface area contributed by atoms with Crippen LogP contribution in [0.2, 0.25) is 0 Å². The number of nitrogens with zero attached hydrogens (tertiary/aromatic N) is 3. The second kappa shape index (κ2) is 6.16. The van der Waals surface area contributed by atoms with Gasteiger partial charge in [0, 0.05) is 7.05 Å². The van der Waals surface area contributed by atoms with E-state index in [1.54, 1.807) is 17.7 Å². The summed E-state index contributed by atoms with van der Waals surface area (Å²) in [5, 5.41) is 10.4. The first-order valence-electron chi connectivity index (χ1n) is 6.15. The molecule has 0 unspecified atom stereocenters. The van der Waals surface area contributed by atoms with Gasteiger partial charge in [-0.05, 0) is 18.7 Å². The average molecular weight is 299 g/mol. The van der Waals surface area contributed by atoms with Crippen molar-refractivity contribution < 1.29 is 12.8 Å². The van der Waals surface area contributed by atoms with E-state index in [1.807, 2.05) is 6.92 Å². The molecule has 2 aromatic heterocycles. The maximum Gasteiger partial charge on any atom is 0.274 e. The predicted octanol–water partition coefficient (Wildman–Crippen LogP) is -0.00390. The van der Waals surface area contributed by atoms with Gasteiger partial charge in [0.25, 0.3) is 10.0 Å². The second-order valence-electron chi connectivity index (χ2n) is 4.18. The second-order valence-corrected chi connectivity index (χ2v) is 5.88. The Morgan fingerprint density at radius 3 is 2.80 bits per heavy atom. The molecule has 2 aromatic rings. The lowest BCUT2D eigenvalue weighted by molar-refractivity contribution is 0.401. The molecule has 0 bridgehead atoms. The first kappa shape index (κ1) is 14.7. The zero-order valence-electron chi connectivity index (χ0n) is 11.3. The van der Waals surface area contributed by atoms with Gasteiger partial charge in [-0.1, -0.05) is 6.92 Å². The number of sulfonamides is 1. The highest BCUT2D eigenvalue weighted by atomic mass is 32.2. The molecule has 0 amide bonds. The molecule has 0 fully saturated rings. The Bertz CT molecular complexity index is 661. The molecule has 0 saturated heterocycles. The molecule has 0 aliphatic heterocycles. The van der Waals surface area contributed by atoms with Crippen LogP contribution in [0.3, 0.4) is 0 Å². The fourth-order valence-corrected chi connectivity index (χ4v) is 2.47. The highest BCUT2D eigenvalue weighted by molar-refractivity contribution is 7.89. The van der Waals surface area contributed by atoms with Crippen LogP contribution in [0, 0.1) is 0 Å². The zero-order chi connectivity index (χ0) is 14.6. The fourth-order valence-electron chi connectivity index (χ4n) is 1.54. The van der Waals surface area contributed by atoms with Crippen molar-refractivity contribution in [2.75, 3.05) is 6.54 Å². The normalized spacial score (nSPS) is 11.9. The summed E-state index contributed by atoms with van der Waals surface area (Å²) in [4.78, 5) is 0. The first-order chi connectivity index (χ1) is 9.53. The molecule has 0 saturated carbocycles. The van der Waals surface area contributed by atoms with Crippen LogP contribution in [0.15, 0.2) is 28.0 Å². The van der Waals surface area contributed by atoms with E-state index in [1.165, 1.54) is 12.4 Å². The van der Waals surface area contributed by atoms with Gasteiger partial charge >= 0.3 is 0 Å². The number of aromatic nitrogens is 3. The van der Waals surface area contributed by atoms with Crippen molar-refractivity contribution in [1.82, 2.24) is 24.8 Å². The van der Waals surface area contributed by atoms with E-state index >= 15 is 0 Å². The van der Waals surface area contributed by atoms with Gasteiger partial charge in [-0.3, -0.25) is 0 Å². The lowest BCUT2D eigenvalue weighted by atomic mass is 10.4. The molecule has 2 heterocycles. The average Bonchev–Trinajstić information content (AvgIpc) is 3.03. The van der Waals surface area contributed by atoms with E-state index in [0.29, 0.717) is 18.1 Å². The van der Waals surface area contributed by atoms with Crippen molar-refractivity contribution in [3.05, 3.63) is 30.0 Å². The van der Waals surface area contributed by atoms with Crippen LogP contribution < -0.4 is 10.0 Å². The van der Waals surface area contributed by atoms with Crippen LogP contribution in [0.1, 0.15) is 18.5 Å². The Hall–Kier alpha value is -1.71. The van der Waals surface area contributed by atoms with E-state index < -0.39 is 10.0 Å². The minimum absolute atomic E-state index is 0.0576. The smallest absolute Gasteiger partial charge is 0.274 e. The maximum atomic E-state index is 12.0. The number of nitrogens with one attached hydrogen (secondary N) is 2. The van der Waals surface area contributed by atoms with Crippen LogP contribution in [-0.2, 0) is 30.2 Å². The standard InChI is InChI=1S/C11H17N5O3S/c1-3-12-6-9-4-5-11(19-9)20(17,18)14-7-10-15-13-8-16(10)2/h4-5,8,12,14H,3,6-7H2,1-2H3. The number of rotatable bonds is 7. The predicted molar refractivity (Wildman–Crippen MR) is 71.1 cm³/mol. The lowest BCUT2D eigenvalue weighted by Crippen LogP contribution is -2.24. The summed E-state index contributed by atoms with van der Waals surface area (Å²) >= 11 is 0. The van der Waals surface area contributed by atoms with Gasteiger partial charge in [-0.2, -0.15) is 0 Å². The summed E-state index contributed by atoms with van der Waals surface area (Å²) in [7, 11) is -1.94. The maximum absolute atomic E-state index is 12.0. The summed E-state index contributed by atoms with van der Waals surface area (Å²) in [6.45, 7) is 3.30. The SMILES string of the molecule is CCNCc1ccc(S(=O)(=O)NCc2nncn2C)o1. The number of hydrogen-bond acceptors (Lipinski definition) is 6. The highest BCUT2D eigenvalue weighted by Crippen LogP contribution is 2.13. The first-order valence-corrected chi connectivity index (χ1v) is 7.63. The van der Waals surface area contributed by atoms with Crippen molar-refractivity contribution in [3.8, 4) is 0 Å². The Morgan fingerprint density at radius 1 is 1.35 bits per heavy atom. The number of aryl methyl sites for hydroxylation is 1. The number of hydrogen-bond donors (Lipinski definition) is 2. The third kappa shape index (κ3) is 3.44. The Balaban J connectivity index is 2.03. The van der Waals surface area contributed by atoms with E-state index in [0.717, 1.165) is 6.54 Å². The zero-order valence-corrected chi connectivity index (χ0v) is 12.1. The third-order valence-corrected chi connectivity index (χ3v) is 3.95. The van der Waals surface area contributed by atoms with Crippen LogP contribution in [-0.4, -0.2) is 29.7 Å². The van der Waals surface area contributed by atoms with Gasteiger partial charge in [0.15, 0.2) is 0 Å². The Labute approximate surface area is 117 Å². The van der Waals surface area contributed by atoms with Crippen LogP contribution >= 0.6 is 0 Å². The summed E-state index contributed by atoms with van der Waals surface area (Å²) in [5.41, 5.74) is 0. The van der Waals surface area contributed by atoms with Crippen molar-refractivity contribution in [3.63, 3.8) is 0 Å². The van der Waals surface area contributed by atoms with Crippen LogP contribution in [0.4, 0.5) is 0 Å². The van der Waals surface area contributed by atoms with Crippen LogP contribution in [0.5, 0.6) is 0 Å². The largest absolute Gasteiger partial charge is 0.447 e. The van der Waals surface area contributed by atoms with E-state index in [-0.39, 0.29) is 11.6 Å². The molecule has 0 aliphatic rings. The van der Waals surface area contributed by atoms with Gasteiger partial charge in [-0.25, -0.2) is 13.1 Å². The molecule has 2 rings (SSSR count). The van der Waals surface area contributed by atoms with Crippen LogP contribution in [0.25, 0.3) is 0 Å². The van der Waals surface area contributed by atoms with Gasteiger partial charge in [0.1, 0.15) is 17.9 Å². The third-order valence-electron chi connectivity index (χ3n) is 2.68. The topological polar surface area (TPSA) is 102 Å². The monoisotopic (exact) mass is 299 g/mol. The Morgan fingerprint density at radius 2 is 2.15 bits per heavy atom. The summed E-state index contributed by atoms with van der Waals surface area (Å²) < 4.78 is 33.4. The summed E-state index contributed by atoms with van der Waals surface area (Å²) in [6.07, 6.45) is 1.51. The summed E-state index contributed by atoms with van der Waals surface area (Å²) in [5.74, 6) is 1.10. The molecule has 0 aliphatic carbocycles. The summed E-state index contributed by atoms with van der Waals surface area (Å²) in [6, 6.07) is 3.07. The van der Waals surface area contributed by atoms with Gasteiger partial charge < -0.3 is 14.3 Å². The number of furan rings is 1. The molecule has 110 valence electrons. The minimum atomic E-state index is -3.68. The molecular formula is C11H17N5O3S. The molecule has 2 N–H and O–H groups in total. The molecular weight excluding hydrogens is 282 g/mol. The Kier molecular flexibility index (Phi) is 4.53.